The smallest absolute Gasteiger partial charge is 0.216 e. The van der Waals surface area contributed by atoms with E-state index in [-0.39, 0.29) is 22.4 Å². The van der Waals surface area contributed by atoms with E-state index in [1.165, 1.54) is 0 Å². The van der Waals surface area contributed by atoms with Crippen molar-refractivity contribution in [3.05, 3.63) is 95.3 Å². The van der Waals surface area contributed by atoms with E-state index < -0.39 is 36.1 Å². The predicted molar refractivity (Wildman–Crippen MR) is 143 cm³/mol. The molecule has 1 saturated carbocycles. The van der Waals surface area contributed by atoms with Gasteiger partial charge in [0.25, 0.3) is 0 Å². The summed E-state index contributed by atoms with van der Waals surface area (Å²) in [5, 5.41) is 1.40. The lowest BCUT2D eigenvalue weighted by Crippen LogP contribution is -2.32. The summed E-state index contributed by atoms with van der Waals surface area (Å²) in [6, 6.07) is 7.07. The highest BCUT2D eigenvalue weighted by Gasteiger charge is 2.25. The summed E-state index contributed by atoms with van der Waals surface area (Å²) in [7, 11) is 1.90. The molecule has 3 heteroatoms. The van der Waals surface area contributed by atoms with Gasteiger partial charge in [0.05, 0.1) is 20.4 Å². The summed E-state index contributed by atoms with van der Waals surface area (Å²) in [4.78, 5) is 3.62. The van der Waals surface area contributed by atoms with Crippen molar-refractivity contribution in [1.29, 1.82) is 0 Å². The topological polar surface area (TPSA) is 21.4 Å². The molecule has 6 rings (SSSR count). The second-order valence-corrected chi connectivity index (χ2v) is 9.18. The van der Waals surface area contributed by atoms with Gasteiger partial charge in [-0.05, 0) is 42.8 Å². The first-order valence-electron chi connectivity index (χ1n) is 15.4. The van der Waals surface area contributed by atoms with Crippen molar-refractivity contribution < 1.29 is 18.6 Å². The zero-order valence-electron chi connectivity index (χ0n) is 26.8. The number of rotatable bonds is 3. The molecule has 0 atom stereocenters. The number of aromatic nitrogens is 1. The zero-order chi connectivity index (χ0) is 30.1. The van der Waals surface area contributed by atoms with Crippen LogP contribution < -0.4 is 4.57 Å². The van der Waals surface area contributed by atoms with Crippen LogP contribution in [0.4, 0.5) is 5.69 Å². The Kier molecular flexibility index (Phi) is 3.77. The van der Waals surface area contributed by atoms with E-state index in [1.54, 1.807) is 18.2 Å². The van der Waals surface area contributed by atoms with Crippen LogP contribution in [0.15, 0.2) is 77.2 Å². The Hall–Kier alpha value is -3.90. The van der Waals surface area contributed by atoms with E-state index in [1.807, 2.05) is 36.9 Å². The fourth-order valence-corrected chi connectivity index (χ4v) is 5.26. The molecule has 1 aliphatic carbocycles. The van der Waals surface area contributed by atoms with Gasteiger partial charge in [-0.1, -0.05) is 73.7 Å². The third-order valence-corrected chi connectivity index (χ3v) is 7.03. The number of benzene rings is 3. The zero-order valence-corrected chi connectivity index (χ0v) is 19.8. The minimum Gasteiger partial charge on any atom is -0.456 e. The first-order chi connectivity index (χ1) is 20.0. The second-order valence-electron chi connectivity index (χ2n) is 9.18. The van der Waals surface area contributed by atoms with E-state index in [9.17, 15) is 0 Å². The van der Waals surface area contributed by atoms with E-state index in [0.29, 0.717) is 22.6 Å². The molecule has 0 saturated heterocycles. The molecule has 2 aromatic heterocycles. The van der Waals surface area contributed by atoms with Crippen LogP contribution >= 0.6 is 0 Å². The summed E-state index contributed by atoms with van der Waals surface area (Å²) in [5.74, 6) is -0.777. The number of hydrogen-bond acceptors (Lipinski definition) is 1. The van der Waals surface area contributed by atoms with Crippen molar-refractivity contribution in [3.63, 3.8) is 0 Å². The fourth-order valence-electron chi connectivity index (χ4n) is 5.26. The largest absolute Gasteiger partial charge is 0.456 e. The van der Waals surface area contributed by atoms with Crippen LogP contribution in [0.2, 0.25) is 0 Å². The highest BCUT2D eigenvalue weighted by Crippen LogP contribution is 2.44. The average Bonchev–Trinajstić information content (AvgIpc) is 3.35. The molecule has 1 fully saturated rings. The van der Waals surface area contributed by atoms with Gasteiger partial charge in [0.1, 0.15) is 18.2 Å². The van der Waals surface area contributed by atoms with Crippen molar-refractivity contribution in [2.45, 2.75) is 44.9 Å². The summed E-state index contributed by atoms with van der Waals surface area (Å²) in [6.45, 7) is 9.76. The van der Waals surface area contributed by atoms with Crippen molar-refractivity contribution in [2.24, 2.45) is 7.05 Å². The van der Waals surface area contributed by atoms with Gasteiger partial charge >= 0.3 is 0 Å². The Morgan fingerprint density at radius 1 is 0.943 bits per heavy atom. The van der Waals surface area contributed by atoms with Crippen LogP contribution in [0.1, 0.15) is 58.7 Å². The number of hydrogen-bond donors (Lipinski definition) is 0. The minimum atomic E-state index is -0.777. The van der Waals surface area contributed by atoms with Crippen LogP contribution in [0, 0.1) is 13.5 Å². The predicted octanol–water partition coefficient (Wildman–Crippen LogP) is 8.65. The van der Waals surface area contributed by atoms with Crippen LogP contribution in [0.25, 0.3) is 49.2 Å². The number of pyridine rings is 1. The third kappa shape index (κ3) is 3.61. The molecule has 35 heavy (non-hydrogen) atoms. The summed E-state index contributed by atoms with van der Waals surface area (Å²) in [5.41, 5.74) is 4.09. The molecule has 2 heterocycles. The highest BCUT2D eigenvalue weighted by atomic mass is 16.3. The van der Waals surface area contributed by atoms with Gasteiger partial charge in [0.2, 0.25) is 5.69 Å². The molecule has 172 valence electrons. The molecule has 0 bridgehead atoms. The fraction of sp³-hybridized carbons (Fsp3) is 0.250. The van der Waals surface area contributed by atoms with Gasteiger partial charge in [-0.3, -0.25) is 0 Å². The molecule has 3 aromatic carbocycles. The maximum atomic E-state index is 9.10. The normalized spacial score (nSPS) is 18.1. The molecular weight excluding hydrogens is 428 g/mol. The maximum absolute atomic E-state index is 9.10. The van der Waals surface area contributed by atoms with Crippen LogP contribution in [0.3, 0.4) is 0 Å². The number of fused-ring (bicyclic) bond motifs is 3. The Bertz CT molecular complexity index is 1960. The van der Waals surface area contributed by atoms with E-state index >= 15 is 0 Å². The monoisotopic (exact) mass is 464 g/mol. The number of furan rings is 1. The molecular formula is C32H29N2O+. The first-order valence-corrected chi connectivity index (χ1v) is 11.9. The summed E-state index contributed by atoms with van der Waals surface area (Å²) < 4.78 is 68.1. The molecule has 0 radical (unpaired) electrons. The van der Waals surface area contributed by atoms with Gasteiger partial charge < -0.3 is 4.42 Å². The maximum Gasteiger partial charge on any atom is 0.216 e. The molecule has 0 spiro atoms. The minimum absolute atomic E-state index is 0.0773. The molecule has 3 nitrogen and oxygen atoms in total. The van der Waals surface area contributed by atoms with Gasteiger partial charge in [0.15, 0.2) is 11.9 Å². The molecule has 0 aliphatic heterocycles. The lowest BCUT2D eigenvalue weighted by Gasteiger charge is -2.21. The molecule has 0 amide bonds. The first kappa shape index (κ1) is 15.2. The van der Waals surface area contributed by atoms with Crippen LogP contribution in [-0.2, 0) is 7.05 Å². The van der Waals surface area contributed by atoms with Gasteiger partial charge in [-0.25, -0.2) is 9.41 Å². The van der Waals surface area contributed by atoms with Crippen molar-refractivity contribution >= 4 is 27.6 Å². The number of nitrogens with zero attached hydrogens (tertiary/aromatic N) is 2. The van der Waals surface area contributed by atoms with Crippen molar-refractivity contribution in [1.82, 2.24) is 0 Å². The molecule has 1 aliphatic rings. The summed E-state index contributed by atoms with van der Waals surface area (Å²) in [6.07, 6.45) is 6.45. The highest BCUT2D eigenvalue weighted by molar-refractivity contribution is 6.15. The average molecular weight is 465 g/mol. The lowest BCUT2D eigenvalue weighted by molar-refractivity contribution is -0.660. The van der Waals surface area contributed by atoms with Gasteiger partial charge in [0, 0.05) is 29.3 Å². The Morgan fingerprint density at radius 2 is 1.66 bits per heavy atom. The molecule has 0 unspecified atom stereocenters. The quantitative estimate of drug-likeness (QED) is 0.193. The summed E-state index contributed by atoms with van der Waals surface area (Å²) >= 11 is 0. The van der Waals surface area contributed by atoms with E-state index in [4.69, 9.17) is 20.6 Å². The Balaban J connectivity index is 1.65. The lowest BCUT2D eigenvalue weighted by atomic mass is 9.84. The van der Waals surface area contributed by atoms with Gasteiger partial charge in [-0.15, -0.1) is 0 Å². The van der Waals surface area contributed by atoms with E-state index in [2.05, 4.69) is 4.85 Å². The standard InChI is InChI=1S/C32H29N2O/c1-21-14-16-25-26-17-18-27(33-2)30(23-12-8-5-9-13-23)32(26)35-31(25)29(21)28-19-15-24(20-34(28)3)22-10-6-4-7-11-22/h5,8-9,12-20,22H,4,6-7,10-11H2,1,3H3/q+1/i5D,8D,9D,12D,13D,15D,22D. The SMILES string of the molecule is [2H]c1cc(-c2c(C)ccc3c2oc2c(-c4c([2H])c([2H])c([2H])c([2H])c4[2H])c([N+]#[C-])ccc23)[n+](C)cc1C1([2H])CCCCC1. The Morgan fingerprint density at radius 3 is 2.40 bits per heavy atom. The van der Waals surface area contributed by atoms with E-state index in [0.717, 1.165) is 54.3 Å². The van der Waals surface area contributed by atoms with Crippen molar-refractivity contribution in [3.8, 4) is 22.4 Å². The second kappa shape index (κ2) is 8.71. The Labute approximate surface area is 216 Å². The third-order valence-electron chi connectivity index (χ3n) is 7.03. The van der Waals surface area contributed by atoms with Crippen molar-refractivity contribution in [2.75, 3.05) is 0 Å². The van der Waals surface area contributed by atoms with Gasteiger partial charge in [-0.2, -0.15) is 0 Å². The van der Waals surface area contributed by atoms with Crippen LogP contribution in [-0.4, -0.2) is 0 Å². The number of aryl methyl sites for hydroxylation is 2. The molecule has 5 aromatic rings. The van der Waals surface area contributed by atoms with Crippen LogP contribution in [0.5, 0.6) is 0 Å². The molecule has 0 N–H and O–H groups in total.